The van der Waals surface area contributed by atoms with Crippen LogP contribution < -0.4 is 10.6 Å². The van der Waals surface area contributed by atoms with Gasteiger partial charge in [-0.3, -0.25) is 0 Å². The van der Waals surface area contributed by atoms with Crippen molar-refractivity contribution in [2.24, 2.45) is 0 Å². The second kappa shape index (κ2) is 6.96. The van der Waals surface area contributed by atoms with Crippen molar-refractivity contribution >= 4 is 34.9 Å². The zero-order valence-corrected chi connectivity index (χ0v) is 11.6. The SMILES string of the molecule is O=C(NCC1CCOCO1)Nc1ccc(Cl)c(Cl)c1. The van der Waals surface area contributed by atoms with Crippen LogP contribution in [0.1, 0.15) is 6.42 Å². The van der Waals surface area contributed by atoms with Gasteiger partial charge in [0.1, 0.15) is 6.79 Å². The van der Waals surface area contributed by atoms with Crippen LogP contribution in [0, 0.1) is 0 Å². The summed E-state index contributed by atoms with van der Waals surface area (Å²) in [5, 5.41) is 6.24. The third kappa shape index (κ3) is 4.54. The molecule has 19 heavy (non-hydrogen) atoms. The minimum Gasteiger partial charge on any atom is -0.355 e. The number of rotatable bonds is 3. The number of anilines is 1. The molecule has 5 nitrogen and oxygen atoms in total. The molecule has 0 bridgehead atoms. The summed E-state index contributed by atoms with van der Waals surface area (Å²) in [7, 11) is 0. The maximum absolute atomic E-state index is 11.7. The first kappa shape index (κ1) is 14.4. The van der Waals surface area contributed by atoms with Gasteiger partial charge in [-0.1, -0.05) is 23.2 Å². The third-order valence-corrected chi connectivity index (χ3v) is 3.38. The molecule has 1 atom stereocenters. The van der Waals surface area contributed by atoms with Crippen LogP contribution in [0.4, 0.5) is 10.5 Å². The van der Waals surface area contributed by atoms with Gasteiger partial charge in [0, 0.05) is 12.2 Å². The number of amides is 2. The minimum absolute atomic E-state index is 0.00620. The minimum atomic E-state index is -0.312. The van der Waals surface area contributed by atoms with Gasteiger partial charge < -0.3 is 20.1 Å². The first-order valence-corrected chi connectivity index (χ1v) is 6.60. The lowest BCUT2D eigenvalue weighted by atomic mass is 10.2. The Morgan fingerprint density at radius 2 is 2.21 bits per heavy atom. The lowest BCUT2D eigenvalue weighted by molar-refractivity contribution is -0.136. The Morgan fingerprint density at radius 3 is 2.89 bits per heavy atom. The van der Waals surface area contributed by atoms with Gasteiger partial charge in [-0.2, -0.15) is 0 Å². The molecule has 0 saturated carbocycles. The molecule has 1 heterocycles. The van der Waals surface area contributed by atoms with Crippen LogP contribution in [0.3, 0.4) is 0 Å². The molecule has 0 spiro atoms. The van der Waals surface area contributed by atoms with Gasteiger partial charge in [0.05, 0.1) is 22.8 Å². The van der Waals surface area contributed by atoms with E-state index in [1.165, 1.54) is 0 Å². The van der Waals surface area contributed by atoms with E-state index in [0.717, 1.165) is 6.42 Å². The molecule has 1 unspecified atom stereocenters. The predicted octanol–water partition coefficient (Wildman–Crippen LogP) is 2.88. The fourth-order valence-corrected chi connectivity index (χ4v) is 1.92. The van der Waals surface area contributed by atoms with E-state index < -0.39 is 0 Å². The van der Waals surface area contributed by atoms with E-state index in [1.54, 1.807) is 18.2 Å². The average Bonchev–Trinajstić information content (AvgIpc) is 2.42. The molecule has 2 rings (SSSR count). The molecular formula is C12H14Cl2N2O3. The molecule has 0 aliphatic carbocycles. The summed E-state index contributed by atoms with van der Waals surface area (Å²) in [6.07, 6.45) is 0.765. The quantitative estimate of drug-likeness (QED) is 0.902. The second-order valence-electron chi connectivity index (χ2n) is 4.07. The first-order chi connectivity index (χ1) is 9.15. The van der Waals surface area contributed by atoms with Crippen molar-refractivity contribution in [3.63, 3.8) is 0 Å². The standard InChI is InChI=1S/C12H14Cl2N2O3/c13-10-2-1-8(5-11(10)14)16-12(17)15-6-9-3-4-18-7-19-9/h1-2,5,9H,3-4,6-7H2,(H2,15,16,17). The topological polar surface area (TPSA) is 59.6 Å². The van der Waals surface area contributed by atoms with Crippen molar-refractivity contribution in [1.82, 2.24) is 5.32 Å². The zero-order chi connectivity index (χ0) is 13.7. The fraction of sp³-hybridized carbons (Fsp3) is 0.417. The van der Waals surface area contributed by atoms with E-state index in [0.29, 0.717) is 28.9 Å². The molecule has 1 fully saturated rings. The summed E-state index contributed by atoms with van der Waals surface area (Å²) >= 11 is 11.6. The number of nitrogens with one attached hydrogen (secondary N) is 2. The molecule has 1 aromatic rings. The fourth-order valence-electron chi connectivity index (χ4n) is 1.62. The van der Waals surface area contributed by atoms with Gasteiger partial charge in [-0.25, -0.2) is 4.79 Å². The van der Waals surface area contributed by atoms with Gasteiger partial charge in [0.2, 0.25) is 0 Å². The molecule has 2 N–H and O–H groups in total. The molecule has 1 aromatic carbocycles. The molecule has 1 aliphatic rings. The van der Waals surface area contributed by atoms with E-state index >= 15 is 0 Å². The van der Waals surface area contributed by atoms with Gasteiger partial charge in [0.15, 0.2) is 0 Å². The average molecular weight is 305 g/mol. The number of carbonyl (C=O) groups is 1. The Labute approximate surface area is 121 Å². The highest BCUT2D eigenvalue weighted by atomic mass is 35.5. The highest BCUT2D eigenvalue weighted by Crippen LogP contribution is 2.24. The molecular weight excluding hydrogens is 291 g/mol. The molecule has 1 aliphatic heterocycles. The summed E-state index contributed by atoms with van der Waals surface area (Å²) in [4.78, 5) is 11.7. The molecule has 0 radical (unpaired) electrons. The monoisotopic (exact) mass is 304 g/mol. The van der Waals surface area contributed by atoms with Crippen molar-refractivity contribution in [3.05, 3.63) is 28.2 Å². The Kier molecular flexibility index (Phi) is 5.27. The third-order valence-electron chi connectivity index (χ3n) is 2.64. The van der Waals surface area contributed by atoms with Crippen LogP contribution in [0.5, 0.6) is 0 Å². The molecule has 0 aromatic heterocycles. The highest BCUT2D eigenvalue weighted by molar-refractivity contribution is 6.42. The summed E-state index contributed by atoms with van der Waals surface area (Å²) in [6, 6.07) is 4.59. The van der Waals surface area contributed by atoms with Crippen LogP contribution >= 0.6 is 23.2 Å². The van der Waals surface area contributed by atoms with Crippen molar-refractivity contribution < 1.29 is 14.3 Å². The van der Waals surface area contributed by atoms with E-state index in [2.05, 4.69) is 10.6 Å². The van der Waals surface area contributed by atoms with Crippen molar-refractivity contribution in [2.75, 3.05) is 25.3 Å². The van der Waals surface area contributed by atoms with Crippen LogP contribution in [0.2, 0.25) is 10.0 Å². The zero-order valence-electron chi connectivity index (χ0n) is 10.1. The van der Waals surface area contributed by atoms with Crippen molar-refractivity contribution in [2.45, 2.75) is 12.5 Å². The van der Waals surface area contributed by atoms with Gasteiger partial charge in [-0.05, 0) is 24.6 Å². The number of halogens is 2. The predicted molar refractivity (Wildman–Crippen MR) is 73.8 cm³/mol. The number of urea groups is 1. The van der Waals surface area contributed by atoms with Crippen LogP contribution in [0.25, 0.3) is 0 Å². The number of carbonyl (C=O) groups excluding carboxylic acids is 1. The Bertz CT molecular complexity index is 451. The lowest BCUT2D eigenvalue weighted by Crippen LogP contribution is -2.38. The first-order valence-electron chi connectivity index (χ1n) is 5.84. The summed E-state index contributed by atoms with van der Waals surface area (Å²) in [5.74, 6) is 0. The van der Waals surface area contributed by atoms with E-state index in [-0.39, 0.29) is 18.9 Å². The molecule has 2 amide bonds. The summed E-state index contributed by atoms with van der Waals surface area (Å²) < 4.78 is 10.4. The smallest absolute Gasteiger partial charge is 0.319 e. The van der Waals surface area contributed by atoms with Crippen molar-refractivity contribution in [3.8, 4) is 0 Å². The number of benzene rings is 1. The number of hydrogen-bond acceptors (Lipinski definition) is 3. The van der Waals surface area contributed by atoms with E-state index in [9.17, 15) is 4.79 Å². The van der Waals surface area contributed by atoms with E-state index in [1.807, 2.05) is 0 Å². The van der Waals surface area contributed by atoms with Crippen LogP contribution in [0.15, 0.2) is 18.2 Å². The second-order valence-corrected chi connectivity index (χ2v) is 4.88. The van der Waals surface area contributed by atoms with Gasteiger partial charge >= 0.3 is 6.03 Å². The molecule has 7 heteroatoms. The Balaban J connectivity index is 1.78. The Morgan fingerprint density at radius 1 is 1.37 bits per heavy atom. The van der Waals surface area contributed by atoms with Gasteiger partial charge in [-0.15, -0.1) is 0 Å². The Hall–Kier alpha value is -1.01. The molecule has 1 saturated heterocycles. The summed E-state index contributed by atoms with van der Waals surface area (Å²) in [5.41, 5.74) is 0.583. The lowest BCUT2D eigenvalue weighted by Gasteiger charge is -2.22. The van der Waals surface area contributed by atoms with Gasteiger partial charge in [0.25, 0.3) is 0 Å². The highest BCUT2D eigenvalue weighted by Gasteiger charge is 2.15. The van der Waals surface area contributed by atoms with Crippen LogP contribution in [-0.2, 0) is 9.47 Å². The largest absolute Gasteiger partial charge is 0.355 e. The molecule has 104 valence electrons. The maximum atomic E-state index is 11.7. The van der Waals surface area contributed by atoms with Crippen LogP contribution in [-0.4, -0.2) is 32.1 Å². The van der Waals surface area contributed by atoms with E-state index in [4.69, 9.17) is 32.7 Å². The maximum Gasteiger partial charge on any atom is 0.319 e. The number of ether oxygens (including phenoxy) is 2. The normalized spacial score (nSPS) is 18.9. The number of hydrogen-bond donors (Lipinski definition) is 2. The summed E-state index contributed by atoms with van der Waals surface area (Å²) in [6.45, 7) is 1.37. The van der Waals surface area contributed by atoms with Crippen molar-refractivity contribution in [1.29, 1.82) is 0 Å².